The van der Waals surface area contributed by atoms with Crippen LogP contribution in [0.25, 0.3) is 0 Å². The highest BCUT2D eigenvalue weighted by molar-refractivity contribution is 7.89. The SMILES string of the molecule is CCN(CC(=O)Nc1ccc(S(=O)(=O)N(C)C)cc1)Cc1ccc(N(C)C)cc1. The zero-order valence-corrected chi connectivity index (χ0v) is 18.5. The van der Waals surface area contributed by atoms with Gasteiger partial charge >= 0.3 is 0 Å². The Morgan fingerprint density at radius 2 is 1.52 bits per heavy atom. The molecule has 0 fully saturated rings. The molecular formula is C21H30N4O3S. The number of amides is 1. The molecule has 0 heterocycles. The number of nitrogens with zero attached hydrogens (tertiary/aromatic N) is 3. The fourth-order valence-electron chi connectivity index (χ4n) is 2.76. The number of carbonyl (C=O) groups excluding carboxylic acids is 1. The van der Waals surface area contributed by atoms with E-state index in [2.05, 4.69) is 29.6 Å². The van der Waals surface area contributed by atoms with Crippen molar-refractivity contribution in [3.63, 3.8) is 0 Å². The van der Waals surface area contributed by atoms with E-state index < -0.39 is 10.0 Å². The van der Waals surface area contributed by atoms with E-state index in [1.165, 1.54) is 26.2 Å². The normalized spacial score (nSPS) is 11.7. The summed E-state index contributed by atoms with van der Waals surface area (Å²) >= 11 is 0. The van der Waals surface area contributed by atoms with E-state index in [1.54, 1.807) is 12.1 Å². The van der Waals surface area contributed by atoms with E-state index in [0.717, 1.165) is 22.1 Å². The number of sulfonamides is 1. The topological polar surface area (TPSA) is 73.0 Å². The minimum atomic E-state index is -3.48. The fourth-order valence-corrected chi connectivity index (χ4v) is 3.66. The highest BCUT2D eigenvalue weighted by Gasteiger charge is 2.17. The van der Waals surface area contributed by atoms with Gasteiger partial charge in [0.1, 0.15) is 0 Å². The predicted octanol–water partition coefficient (Wildman–Crippen LogP) is 2.46. The molecular weight excluding hydrogens is 388 g/mol. The van der Waals surface area contributed by atoms with Gasteiger partial charge in [-0.05, 0) is 48.5 Å². The number of anilines is 2. The van der Waals surface area contributed by atoms with Crippen molar-refractivity contribution in [1.29, 1.82) is 0 Å². The van der Waals surface area contributed by atoms with Crippen LogP contribution in [0.1, 0.15) is 12.5 Å². The number of rotatable bonds is 9. The number of likely N-dealkylation sites (N-methyl/N-ethyl adjacent to an activating group) is 1. The molecule has 0 saturated heterocycles. The average Bonchev–Trinajstić information content (AvgIpc) is 2.68. The van der Waals surface area contributed by atoms with Gasteiger partial charge in [-0.2, -0.15) is 0 Å². The minimum Gasteiger partial charge on any atom is -0.378 e. The smallest absolute Gasteiger partial charge is 0.242 e. The molecule has 29 heavy (non-hydrogen) atoms. The summed E-state index contributed by atoms with van der Waals surface area (Å²) < 4.78 is 25.4. The van der Waals surface area contributed by atoms with Gasteiger partial charge in [0, 0.05) is 46.1 Å². The standard InChI is InChI=1S/C21H30N4O3S/c1-6-25(15-17-7-11-19(12-8-17)23(2)3)16-21(26)22-18-9-13-20(14-10-18)29(27,28)24(4)5/h7-14H,6,15-16H2,1-5H3,(H,22,26). The van der Waals surface area contributed by atoms with Crippen LogP contribution >= 0.6 is 0 Å². The van der Waals surface area contributed by atoms with Crippen molar-refractivity contribution in [3.05, 3.63) is 54.1 Å². The van der Waals surface area contributed by atoms with Crippen molar-refractivity contribution in [2.75, 3.05) is 51.5 Å². The third-order valence-electron chi connectivity index (χ3n) is 4.59. The summed E-state index contributed by atoms with van der Waals surface area (Å²) in [4.78, 5) is 16.7. The van der Waals surface area contributed by atoms with Crippen LogP contribution in [0.2, 0.25) is 0 Å². The van der Waals surface area contributed by atoms with Gasteiger partial charge in [0.05, 0.1) is 11.4 Å². The lowest BCUT2D eigenvalue weighted by atomic mass is 10.2. The summed E-state index contributed by atoms with van der Waals surface area (Å²) in [6.07, 6.45) is 0. The Hall–Kier alpha value is -2.42. The third kappa shape index (κ3) is 6.28. The lowest BCUT2D eigenvalue weighted by Crippen LogP contribution is -2.32. The van der Waals surface area contributed by atoms with Gasteiger partial charge < -0.3 is 10.2 Å². The van der Waals surface area contributed by atoms with Crippen molar-refractivity contribution in [3.8, 4) is 0 Å². The molecule has 0 spiro atoms. The van der Waals surface area contributed by atoms with Crippen LogP contribution in [0.15, 0.2) is 53.4 Å². The summed E-state index contributed by atoms with van der Waals surface area (Å²) in [6.45, 7) is 3.69. The van der Waals surface area contributed by atoms with Crippen LogP contribution in [-0.4, -0.2) is 64.8 Å². The first kappa shape index (κ1) is 22.9. The van der Waals surface area contributed by atoms with Crippen molar-refractivity contribution < 1.29 is 13.2 Å². The van der Waals surface area contributed by atoms with Gasteiger partial charge in [0.25, 0.3) is 0 Å². The summed E-state index contributed by atoms with van der Waals surface area (Å²) in [5, 5.41) is 2.83. The molecule has 0 aliphatic heterocycles. The van der Waals surface area contributed by atoms with Crippen LogP contribution in [-0.2, 0) is 21.4 Å². The van der Waals surface area contributed by atoms with E-state index >= 15 is 0 Å². The molecule has 2 aromatic carbocycles. The Bertz CT molecular complexity index is 908. The van der Waals surface area contributed by atoms with Crippen LogP contribution in [0.5, 0.6) is 0 Å². The molecule has 8 heteroatoms. The molecule has 0 saturated carbocycles. The molecule has 0 unspecified atom stereocenters. The van der Waals surface area contributed by atoms with E-state index in [1.807, 2.05) is 30.8 Å². The molecule has 0 aliphatic carbocycles. The number of benzene rings is 2. The van der Waals surface area contributed by atoms with Crippen molar-refractivity contribution in [2.45, 2.75) is 18.4 Å². The van der Waals surface area contributed by atoms with Crippen molar-refractivity contribution in [2.24, 2.45) is 0 Å². The number of carbonyl (C=O) groups is 1. The molecule has 7 nitrogen and oxygen atoms in total. The van der Waals surface area contributed by atoms with E-state index in [0.29, 0.717) is 12.2 Å². The lowest BCUT2D eigenvalue weighted by molar-refractivity contribution is -0.117. The first-order valence-corrected chi connectivity index (χ1v) is 10.9. The van der Waals surface area contributed by atoms with Gasteiger partial charge in [-0.3, -0.25) is 9.69 Å². The molecule has 0 aliphatic rings. The number of hydrogen-bond acceptors (Lipinski definition) is 5. The highest BCUT2D eigenvalue weighted by atomic mass is 32.2. The Kier molecular flexibility index (Phi) is 7.78. The first-order chi connectivity index (χ1) is 13.6. The summed E-state index contributed by atoms with van der Waals surface area (Å²) in [7, 11) is 3.49. The largest absolute Gasteiger partial charge is 0.378 e. The van der Waals surface area contributed by atoms with Gasteiger partial charge in [-0.15, -0.1) is 0 Å². The second kappa shape index (κ2) is 9.87. The maximum Gasteiger partial charge on any atom is 0.242 e. The van der Waals surface area contributed by atoms with E-state index in [-0.39, 0.29) is 17.3 Å². The summed E-state index contributed by atoms with van der Waals surface area (Å²) in [5.41, 5.74) is 2.84. The van der Waals surface area contributed by atoms with Gasteiger partial charge in [-0.1, -0.05) is 19.1 Å². The van der Waals surface area contributed by atoms with Crippen molar-refractivity contribution >= 4 is 27.3 Å². The maximum atomic E-state index is 12.4. The molecule has 0 radical (unpaired) electrons. The molecule has 158 valence electrons. The molecule has 0 aromatic heterocycles. The third-order valence-corrected chi connectivity index (χ3v) is 6.42. The Labute approximate surface area is 174 Å². The molecule has 0 bridgehead atoms. The van der Waals surface area contributed by atoms with E-state index in [9.17, 15) is 13.2 Å². The maximum absolute atomic E-state index is 12.4. The Morgan fingerprint density at radius 3 is 2.00 bits per heavy atom. The Balaban J connectivity index is 1.96. The first-order valence-electron chi connectivity index (χ1n) is 9.44. The summed E-state index contributed by atoms with van der Waals surface area (Å²) in [6, 6.07) is 14.5. The van der Waals surface area contributed by atoms with E-state index in [4.69, 9.17) is 0 Å². The van der Waals surface area contributed by atoms with Gasteiger partial charge in [0.2, 0.25) is 15.9 Å². The van der Waals surface area contributed by atoms with Gasteiger partial charge in [-0.25, -0.2) is 12.7 Å². The summed E-state index contributed by atoms with van der Waals surface area (Å²) in [5.74, 6) is -0.139. The van der Waals surface area contributed by atoms with Crippen LogP contribution in [0.3, 0.4) is 0 Å². The number of hydrogen-bond donors (Lipinski definition) is 1. The number of nitrogens with one attached hydrogen (secondary N) is 1. The molecule has 1 amide bonds. The zero-order chi connectivity index (χ0) is 21.6. The molecule has 2 rings (SSSR count). The van der Waals surface area contributed by atoms with Crippen LogP contribution in [0.4, 0.5) is 11.4 Å². The van der Waals surface area contributed by atoms with Crippen molar-refractivity contribution in [1.82, 2.24) is 9.21 Å². The molecule has 2 aromatic rings. The quantitative estimate of drug-likeness (QED) is 0.677. The average molecular weight is 419 g/mol. The highest BCUT2D eigenvalue weighted by Crippen LogP contribution is 2.17. The fraction of sp³-hybridized carbons (Fsp3) is 0.381. The monoisotopic (exact) mass is 418 g/mol. The lowest BCUT2D eigenvalue weighted by Gasteiger charge is -2.21. The zero-order valence-electron chi connectivity index (χ0n) is 17.7. The molecule has 0 atom stereocenters. The minimum absolute atomic E-state index is 0.139. The van der Waals surface area contributed by atoms with Crippen LogP contribution in [0, 0.1) is 0 Å². The predicted molar refractivity (Wildman–Crippen MR) is 118 cm³/mol. The second-order valence-corrected chi connectivity index (χ2v) is 9.38. The van der Waals surface area contributed by atoms with Crippen LogP contribution < -0.4 is 10.2 Å². The Morgan fingerprint density at radius 1 is 0.931 bits per heavy atom. The second-order valence-electron chi connectivity index (χ2n) is 7.22. The molecule has 1 N–H and O–H groups in total. The van der Waals surface area contributed by atoms with Gasteiger partial charge in [0.15, 0.2) is 0 Å².